The third kappa shape index (κ3) is 4.16. The Labute approximate surface area is 169 Å². The van der Waals surface area contributed by atoms with E-state index in [-0.39, 0.29) is 41.8 Å². The molecule has 154 valence electrons. The van der Waals surface area contributed by atoms with Gasteiger partial charge in [-0.25, -0.2) is 4.98 Å². The average Bonchev–Trinajstić information content (AvgIpc) is 3.04. The molecule has 0 aliphatic heterocycles. The second-order valence-electron chi connectivity index (χ2n) is 7.78. The molecule has 2 aromatic rings. The number of carbonyl (C=O) groups excluding carboxylic acids is 2. The van der Waals surface area contributed by atoms with Gasteiger partial charge in [0.1, 0.15) is 11.9 Å². The lowest BCUT2D eigenvalue weighted by molar-refractivity contribution is -0.127. The third-order valence-electron chi connectivity index (χ3n) is 5.60. The van der Waals surface area contributed by atoms with Gasteiger partial charge in [-0.3, -0.25) is 9.59 Å². The summed E-state index contributed by atoms with van der Waals surface area (Å²) >= 11 is 0. The fourth-order valence-corrected chi connectivity index (χ4v) is 3.49. The molecule has 0 spiro atoms. The van der Waals surface area contributed by atoms with Gasteiger partial charge in [-0.05, 0) is 24.3 Å². The number of aliphatic hydroxyl groups excluding tert-OH is 2. The third-order valence-corrected chi connectivity index (χ3v) is 5.60. The number of benzene rings is 1. The molecule has 3 N–H and O–H groups in total. The quantitative estimate of drug-likeness (QED) is 0.628. The number of nitrogens with zero attached hydrogens (tertiary/aromatic N) is 2. The van der Waals surface area contributed by atoms with Crippen molar-refractivity contribution in [1.82, 2.24) is 9.55 Å². The van der Waals surface area contributed by atoms with Crippen molar-refractivity contribution in [3.05, 3.63) is 41.7 Å². The second-order valence-corrected chi connectivity index (χ2v) is 7.78. The molecule has 7 nitrogen and oxygen atoms in total. The van der Waals surface area contributed by atoms with E-state index in [0.717, 1.165) is 0 Å². The van der Waals surface area contributed by atoms with Crippen molar-refractivity contribution in [3.8, 4) is 5.75 Å². The van der Waals surface area contributed by atoms with E-state index in [0.29, 0.717) is 16.6 Å². The maximum atomic E-state index is 13.1. The minimum Gasteiger partial charge on any atom is -0.507 e. The number of rotatable bonds is 0. The van der Waals surface area contributed by atoms with Gasteiger partial charge in [0, 0.05) is 25.1 Å². The summed E-state index contributed by atoms with van der Waals surface area (Å²) in [4.78, 5) is 29.5. The van der Waals surface area contributed by atoms with Crippen molar-refractivity contribution in [1.29, 1.82) is 0 Å². The van der Waals surface area contributed by atoms with Gasteiger partial charge in [-0.2, -0.15) is 0 Å². The zero-order valence-electron chi connectivity index (χ0n) is 16.7. The first kappa shape index (κ1) is 21.0. The first-order chi connectivity index (χ1) is 13.7. The topological polar surface area (TPSA) is 113 Å². The first-order valence-corrected chi connectivity index (χ1v) is 9.65. The van der Waals surface area contributed by atoms with E-state index < -0.39 is 18.0 Å². The van der Waals surface area contributed by atoms with Crippen LogP contribution in [0.1, 0.15) is 42.6 Å². The summed E-state index contributed by atoms with van der Waals surface area (Å²) in [6.45, 7) is 3.76. The van der Waals surface area contributed by atoms with Crippen molar-refractivity contribution >= 4 is 28.7 Å². The van der Waals surface area contributed by atoms with E-state index in [1.807, 2.05) is 13.8 Å². The highest BCUT2D eigenvalue weighted by Gasteiger charge is 2.25. The van der Waals surface area contributed by atoms with Crippen molar-refractivity contribution in [2.24, 2.45) is 18.9 Å². The molecule has 1 aliphatic rings. The standard InChI is InChI=1S/C22H26N2O5/c1-12-7-8-17(26)22(29)16(25)6-4-5-14-20(18(27)9-13(12)2)19(28)10-15-21(14)23-11-24(15)3/h4-5,7-8,10-13,16,22,25,28-29H,6,9H2,1-3H3/b5-4+,8-7-/t12-,13-,16+,22+/m1/s1. The molecule has 1 aliphatic carbocycles. The molecule has 0 fully saturated rings. The Balaban J connectivity index is 2.15. The Morgan fingerprint density at radius 1 is 1.17 bits per heavy atom. The number of imidazole rings is 1. The molecule has 7 heteroatoms. The van der Waals surface area contributed by atoms with Crippen LogP contribution in [0.2, 0.25) is 0 Å². The number of allylic oxidation sites excluding steroid dienone is 1. The van der Waals surface area contributed by atoms with E-state index in [1.165, 1.54) is 12.1 Å². The van der Waals surface area contributed by atoms with Gasteiger partial charge in [-0.1, -0.05) is 32.1 Å². The van der Waals surface area contributed by atoms with E-state index in [4.69, 9.17) is 0 Å². The van der Waals surface area contributed by atoms with Crippen LogP contribution in [0.4, 0.5) is 0 Å². The smallest absolute Gasteiger partial charge is 0.186 e. The van der Waals surface area contributed by atoms with Crippen LogP contribution in [0, 0.1) is 11.8 Å². The molecule has 0 bridgehead atoms. The molecule has 0 saturated carbocycles. The SMILES string of the molecule is C[C@@H]1/C=C\C(=O)[C@@H](O)[C@@H](O)C/C=C/c2c(c(O)cc3c2ncn3C)C(=O)C[C@H]1C. The van der Waals surface area contributed by atoms with Gasteiger partial charge in [0.05, 0.1) is 29.0 Å². The number of Topliss-reactive ketones (excluding diaryl/α,β-unsaturated/α-hetero) is 1. The maximum absolute atomic E-state index is 13.1. The first-order valence-electron chi connectivity index (χ1n) is 9.65. The van der Waals surface area contributed by atoms with Gasteiger partial charge in [-0.15, -0.1) is 0 Å². The van der Waals surface area contributed by atoms with Gasteiger partial charge >= 0.3 is 0 Å². The molecule has 0 saturated heterocycles. The Kier molecular flexibility index (Phi) is 6.00. The molecule has 1 aromatic carbocycles. The fraction of sp³-hybridized carbons (Fsp3) is 0.409. The highest BCUT2D eigenvalue weighted by atomic mass is 16.3. The summed E-state index contributed by atoms with van der Waals surface area (Å²) in [5.41, 5.74) is 1.88. The van der Waals surface area contributed by atoms with Gasteiger partial charge in [0.25, 0.3) is 0 Å². The molecular weight excluding hydrogens is 372 g/mol. The molecule has 3 rings (SSSR count). The molecule has 1 heterocycles. The average molecular weight is 398 g/mol. The van der Waals surface area contributed by atoms with Gasteiger partial charge < -0.3 is 19.9 Å². The molecule has 29 heavy (non-hydrogen) atoms. The molecule has 1 aromatic heterocycles. The van der Waals surface area contributed by atoms with Crippen LogP contribution in [-0.2, 0) is 11.8 Å². The summed E-state index contributed by atoms with van der Waals surface area (Å²) in [6, 6.07) is 1.53. The van der Waals surface area contributed by atoms with Crippen molar-refractivity contribution in [3.63, 3.8) is 0 Å². The van der Waals surface area contributed by atoms with E-state index in [9.17, 15) is 24.9 Å². The van der Waals surface area contributed by atoms with E-state index in [1.54, 1.807) is 36.2 Å². The van der Waals surface area contributed by atoms with Crippen LogP contribution in [0.25, 0.3) is 17.1 Å². The van der Waals surface area contributed by atoms with Crippen molar-refractivity contribution in [2.45, 2.75) is 38.9 Å². The summed E-state index contributed by atoms with van der Waals surface area (Å²) in [6.07, 6.45) is 5.05. The summed E-state index contributed by atoms with van der Waals surface area (Å²) in [7, 11) is 1.79. The zero-order valence-corrected chi connectivity index (χ0v) is 16.7. The fourth-order valence-electron chi connectivity index (χ4n) is 3.49. The largest absolute Gasteiger partial charge is 0.507 e. The number of ketones is 2. The normalized spacial score (nSPS) is 28.7. The van der Waals surface area contributed by atoms with Crippen LogP contribution >= 0.6 is 0 Å². The second kappa shape index (κ2) is 8.31. The predicted octanol–water partition coefficient (Wildman–Crippen LogP) is 2.39. The number of phenolic OH excluding ortho intramolecular Hbond substituents is 1. The van der Waals surface area contributed by atoms with Crippen LogP contribution in [0.15, 0.2) is 30.6 Å². The number of hydrogen-bond donors (Lipinski definition) is 3. The lowest BCUT2D eigenvalue weighted by atomic mass is 9.86. The number of carbonyl (C=O) groups is 2. The molecule has 0 unspecified atom stereocenters. The summed E-state index contributed by atoms with van der Waals surface area (Å²) in [5, 5.41) is 30.8. The number of aromatic nitrogens is 2. The van der Waals surface area contributed by atoms with Gasteiger partial charge in [0.15, 0.2) is 11.6 Å². The highest BCUT2D eigenvalue weighted by molar-refractivity contribution is 6.07. The van der Waals surface area contributed by atoms with Crippen LogP contribution < -0.4 is 0 Å². The predicted molar refractivity (Wildman–Crippen MR) is 109 cm³/mol. The Morgan fingerprint density at radius 3 is 2.62 bits per heavy atom. The number of phenols is 1. The molecule has 0 radical (unpaired) electrons. The zero-order chi connectivity index (χ0) is 21.3. The minimum absolute atomic E-state index is 0.00428. The minimum atomic E-state index is -1.53. The summed E-state index contributed by atoms with van der Waals surface area (Å²) < 4.78 is 1.74. The van der Waals surface area contributed by atoms with Gasteiger partial charge in [0.2, 0.25) is 0 Å². The Hall–Kier alpha value is -2.77. The Morgan fingerprint density at radius 2 is 1.90 bits per heavy atom. The number of hydrogen-bond acceptors (Lipinski definition) is 6. The molecule has 0 amide bonds. The number of fused-ring (bicyclic) bond motifs is 3. The Bertz CT molecular complexity index is 1000. The van der Waals surface area contributed by atoms with E-state index in [2.05, 4.69) is 4.98 Å². The highest BCUT2D eigenvalue weighted by Crippen LogP contribution is 2.33. The maximum Gasteiger partial charge on any atom is 0.186 e. The van der Waals surface area contributed by atoms with E-state index >= 15 is 0 Å². The molecule has 4 atom stereocenters. The lowest BCUT2D eigenvalue weighted by Gasteiger charge is -2.19. The molecular formula is C22H26N2O5. The van der Waals surface area contributed by atoms with Crippen molar-refractivity contribution in [2.75, 3.05) is 0 Å². The summed E-state index contributed by atoms with van der Waals surface area (Å²) in [5.74, 6) is -1.13. The van der Waals surface area contributed by atoms with Crippen LogP contribution in [0.3, 0.4) is 0 Å². The number of aryl methyl sites for hydroxylation is 1. The monoisotopic (exact) mass is 398 g/mol. The number of aromatic hydroxyl groups is 1. The van der Waals surface area contributed by atoms with Crippen LogP contribution in [-0.4, -0.2) is 48.6 Å². The number of aliphatic hydroxyl groups is 2. The van der Waals surface area contributed by atoms with Crippen molar-refractivity contribution < 1.29 is 24.9 Å². The van der Waals surface area contributed by atoms with Crippen LogP contribution in [0.5, 0.6) is 5.75 Å². The lowest BCUT2D eigenvalue weighted by Crippen LogP contribution is -2.32.